The Kier molecular flexibility index (Phi) is 3.35. The fourth-order valence-corrected chi connectivity index (χ4v) is 1.15. The van der Waals surface area contributed by atoms with Crippen LogP contribution < -0.4 is 5.32 Å². The lowest BCUT2D eigenvalue weighted by Gasteiger charge is -2.36. The minimum atomic E-state index is -0.865. The molecule has 2 amide bonds. The van der Waals surface area contributed by atoms with Crippen molar-refractivity contribution in [2.45, 2.75) is 0 Å². The molecule has 0 bridgehead atoms. The molecule has 1 rings (SSSR count). The third-order valence-electron chi connectivity index (χ3n) is 1.95. The van der Waals surface area contributed by atoms with Crippen LogP contribution in [0, 0.1) is 5.92 Å². The lowest BCUT2D eigenvalue weighted by atomic mass is 10.0. The number of aliphatic carboxylic acids is 1. The Bertz CT molecular complexity index is 274. The van der Waals surface area contributed by atoms with E-state index in [0.29, 0.717) is 5.03 Å². The highest BCUT2D eigenvalue weighted by molar-refractivity contribution is 6.29. The molecule has 1 fully saturated rings. The van der Waals surface area contributed by atoms with E-state index in [1.54, 1.807) is 0 Å². The summed E-state index contributed by atoms with van der Waals surface area (Å²) in [6.45, 7) is 4.13. The molecule has 6 heteroatoms. The van der Waals surface area contributed by atoms with Crippen molar-refractivity contribution in [3.8, 4) is 0 Å². The van der Waals surface area contributed by atoms with E-state index in [-0.39, 0.29) is 25.7 Å². The van der Waals surface area contributed by atoms with Gasteiger partial charge in [0.05, 0.1) is 12.5 Å². The summed E-state index contributed by atoms with van der Waals surface area (Å²) in [7, 11) is 0. The second-order valence-corrected chi connectivity index (χ2v) is 3.65. The van der Waals surface area contributed by atoms with E-state index in [2.05, 4.69) is 11.9 Å². The minimum absolute atomic E-state index is 0.203. The van der Waals surface area contributed by atoms with E-state index in [1.807, 2.05) is 0 Å². The molecule has 0 aromatic carbocycles. The number of halogens is 1. The summed E-state index contributed by atoms with van der Waals surface area (Å²) in [5.74, 6) is -1.30. The monoisotopic (exact) mass is 218 g/mol. The maximum Gasteiger partial charge on any atom is 0.317 e. The maximum atomic E-state index is 11.2. The molecule has 78 valence electrons. The highest BCUT2D eigenvalue weighted by atomic mass is 35.5. The first-order valence-corrected chi connectivity index (χ1v) is 4.47. The van der Waals surface area contributed by atoms with Crippen molar-refractivity contribution < 1.29 is 14.7 Å². The number of hydrogen-bond donors (Lipinski definition) is 2. The van der Waals surface area contributed by atoms with Crippen LogP contribution in [-0.4, -0.2) is 41.6 Å². The zero-order chi connectivity index (χ0) is 10.7. The quantitative estimate of drug-likeness (QED) is 0.723. The molecule has 1 aliphatic rings. The van der Waals surface area contributed by atoms with Crippen LogP contribution in [0.4, 0.5) is 4.79 Å². The normalized spacial score (nSPS) is 15.9. The van der Waals surface area contributed by atoms with Gasteiger partial charge in [0, 0.05) is 18.1 Å². The topological polar surface area (TPSA) is 69.6 Å². The SMILES string of the molecule is C=C(Cl)CNC(=O)N1CC(C(=O)O)C1. The highest BCUT2D eigenvalue weighted by Crippen LogP contribution is 2.15. The highest BCUT2D eigenvalue weighted by Gasteiger charge is 2.35. The van der Waals surface area contributed by atoms with Crippen LogP contribution in [0.5, 0.6) is 0 Å². The van der Waals surface area contributed by atoms with E-state index in [0.717, 1.165) is 0 Å². The average molecular weight is 219 g/mol. The summed E-state index contributed by atoms with van der Waals surface area (Å²) < 4.78 is 0. The fourth-order valence-electron chi connectivity index (χ4n) is 1.08. The third-order valence-corrected chi connectivity index (χ3v) is 2.08. The standard InChI is InChI=1S/C8H11ClN2O3/c1-5(9)2-10-8(14)11-3-6(4-11)7(12)13/h6H,1-4H2,(H,10,14)(H,12,13). The Morgan fingerprint density at radius 2 is 2.14 bits per heavy atom. The molecule has 0 aliphatic carbocycles. The van der Waals surface area contributed by atoms with Crippen molar-refractivity contribution in [2.24, 2.45) is 5.92 Å². The molecule has 0 atom stereocenters. The first-order valence-electron chi connectivity index (χ1n) is 4.09. The summed E-state index contributed by atoms with van der Waals surface area (Å²) in [4.78, 5) is 23.1. The number of rotatable bonds is 3. The van der Waals surface area contributed by atoms with Crippen LogP contribution in [0.15, 0.2) is 11.6 Å². The number of nitrogens with zero attached hydrogens (tertiary/aromatic N) is 1. The summed E-state index contributed by atoms with van der Waals surface area (Å²) in [6, 6.07) is -0.302. The predicted octanol–water partition coefficient (Wildman–Crippen LogP) is 0.465. The second-order valence-electron chi connectivity index (χ2n) is 3.12. The van der Waals surface area contributed by atoms with Gasteiger partial charge in [0.2, 0.25) is 0 Å². The summed E-state index contributed by atoms with van der Waals surface area (Å²) in [5.41, 5.74) is 0. The van der Waals surface area contributed by atoms with Crippen molar-refractivity contribution >= 4 is 23.6 Å². The number of amides is 2. The molecule has 14 heavy (non-hydrogen) atoms. The molecule has 0 radical (unpaired) electrons. The van der Waals surface area contributed by atoms with E-state index in [9.17, 15) is 9.59 Å². The Balaban J connectivity index is 2.23. The van der Waals surface area contributed by atoms with E-state index in [1.165, 1.54) is 4.90 Å². The Morgan fingerprint density at radius 3 is 2.57 bits per heavy atom. The summed E-state index contributed by atoms with van der Waals surface area (Å²) in [6.07, 6.45) is 0. The van der Waals surface area contributed by atoms with Crippen molar-refractivity contribution in [1.29, 1.82) is 0 Å². The summed E-state index contributed by atoms with van der Waals surface area (Å²) in [5, 5.41) is 11.4. The predicted molar refractivity (Wildman–Crippen MR) is 51.1 cm³/mol. The molecule has 5 nitrogen and oxygen atoms in total. The number of nitrogens with one attached hydrogen (secondary N) is 1. The first kappa shape index (κ1) is 10.8. The molecule has 0 aromatic heterocycles. The van der Waals surface area contributed by atoms with Crippen LogP contribution in [0.25, 0.3) is 0 Å². The number of carbonyl (C=O) groups is 2. The van der Waals surface area contributed by atoms with Gasteiger partial charge in [0.15, 0.2) is 0 Å². The molecule has 1 heterocycles. The third kappa shape index (κ3) is 2.63. The van der Waals surface area contributed by atoms with Gasteiger partial charge in [-0.3, -0.25) is 4.79 Å². The molecule has 0 saturated carbocycles. The van der Waals surface area contributed by atoms with E-state index in [4.69, 9.17) is 16.7 Å². The molecule has 0 unspecified atom stereocenters. The lowest BCUT2D eigenvalue weighted by molar-refractivity contribution is -0.146. The molecule has 0 spiro atoms. The van der Waals surface area contributed by atoms with Gasteiger partial charge in [0.1, 0.15) is 0 Å². The average Bonchev–Trinajstić information content (AvgIpc) is 1.97. The van der Waals surface area contributed by atoms with Gasteiger partial charge in [-0.1, -0.05) is 18.2 Å². The van der Waals surface area contributed by atoms with Crippen LogP contribution in [0.3, 0.4) is 0 Å². The van der Waals surface area contributed by atoms with Crippen molar-refractivity contribution in [1.82, 2.24) is 10.2 Å². The van der Waals surface area contributed by atoms with Gasteiger partial charge < -0.3 is 15.3 Å². The molecular formula is C8H11ClN2O3. The number of carbonyl (C=O) groups excluding carboxylic acids is 1. The fraction of sp³-hybridized carbons (Fsp3) is 0.500. The molecule has 1 saturated heterocycles. The molecule has 1 aliphatic heterocycles. The second kappa shape index (κ2) is 4.32. The lowest BCUT2D eigenvalue weighted by Crippen LogP contribution is -2.56. The molecule has 2 N–H and O–H groups in total. The molecular weight excluding hydrogens is 208 g/mol. The van der Waals surface area contributed by atoms with Gasteiger partial charge in [0.25, 0.3) is 0 Å². The van der Waals surface area contributed by atoms with E-state index >= 15 is 0 Å². The number of urea groups is 1. The smallest absolute Gasteiger partial charge is 0.317 e. The van der Waals surface area contributed by atoms with Gasteiger partial charge in [-0.25, -0.2) is 4.79 Å². The molecule has 0 aromatic rings. The van der Waals surface area contributed by atoms with Gasteiger partial charge in [-0.15, -0.1) is 0 Å². The van der Waals surface area contributed by atoms with Crippen molar-refractivity contribution in [3.05, 3.63) is 11.6 Å². The van der Waals surface area contributed by atoms with Crippen molar-refractivity contribution in [3.63, 3.8) is 0 Å². The zero-order valence-corrected chi connectivity index (χ0v) is 8.25. The number of hydrogen-bond acceptors (Lipinski definition) is 2. The van der Waals surface area contributed by atoms with E-state index < -0.39 is 11.9 Å². The van der Waals surface area contributed by atoms with Gasteiger partial charge >= 0.3 is 12.0 Å². The first-order chi connectivity index (χ1) is 6.50. The Hall–Kier alpha value is -1.23. The van der Waals surface area contributed by atoms with Crippen LogP contribution >= 0.6 is 11.6 Å². The van der Waals surface area contributed by atoms with Gasteiger partial charge in [-0.05, 0) is 0 Å². The van der Waals surface area contributed by atoms with Crippen LogP contribution in [-0.2, 0) is 4.79 Å². The number of likely N-dealkylation sites (tertiary alicyclic amines) is 1. The maximum absolute atomic E-state index is 11.2. The Labute approximate surface area is 86.3 Å². The minimum Gasteiger partial charge on any atom is -0.481 e. The largest absolute Gasteiger partial charge is 0.481 e. The van der Waals surface area contributed by atoms with Crippen molar-refractivity contribution in [2.75, 3.05) is 19.6 Å². The van der Waals surface area contributed by atoms with Crippen LogP contribution in [0.2, 0.25) is 0 Å². The number of carboxylic acid groups (broad SMARTS) is 1. The van der Waals surface area contributed by atoms with Crippen LogP contribution in [0.1, 0.15) is 0 Å². The summed E-state index contributed by atoms with van der Waals surface area (Å²) >= 11 is 5.45. The van der Waals surface area contributed by atoms with Gasteiger partial charge in [-0.2, -0.15) is 0 Å². The Morgan fingerprint density at radius 1 is 1.57 bits per heavy atom. The zero-order valence-electron chi connectivity index (χ0n) is 7.49. The number of carboxylic acids is 1.